The summed E-state index contributed by atoms with van der Waals surface area (Å²) in [7, 11) is -2.28. The van der Waals surface area contributed by atoms with Gasteiger partial charge in [-0.3, -0.25) is 9.10 Å². The molecule has 0 bridgehead atoms. The van der Waals surface area contributed by atoms with Gasteiger partial charge in [0.2, 0.25) is 15.9 Å². The molecule has 0 fully saturated rings. The monoisotopic (exact) mass is 468 g/mol. The highest BCUT2D eigenvalue weighted by atomic mass is 35.5. The topological polar surface area (TPSA) is 84.9 Å². The smallest absolute Gasteiger partial charge is 0.244 e. The summed E-state index contributed by atoms with van der Waals surface area (Å²) >= 11 is 6.17. The molecule has 31 heavy (non-hydrogen) atoms. The highest BCUT2D eigenvalue weighted by Gasteiger charge is 2.31. The van der Waals surface area contributed by atoms with Crippen molar-refractivity contribution in [2.75, 3.05) is 30.8 Å². The van der Waals surface area contributed by atoms with Crippen LogP contribution in [0.2, 0.25) is 5.02 Å². The Morgan fingerprint density at radius 2 is 1.90 bits per heavy atom. The van der Waals surface area contributed by atoms with Gasteiger partial charge in [0.15, 0.2) is 0 Å². The van der Waals surface area contributed by atoms with E-state index in [0.29, 0.717) is 11.4 Å². The van der Waals surface area contributed by atoms with Crippen LogP contribution in [-0.2, 0) is 14.8 Å². The lowest BCUT2D eigenvalue weighted by Crippen LogP contribution is -2.50. The molecule has 170 valence electrons. The molecule has 1 N–H and O–H groups in total. The molecular formula is C22H29ClN2O5S. The minimum absolute atomic E-state index is 0.240. The van der Waals surface area contributed by atoms with E-state index in [0.717, 1.165) is 27.4 Å². The molecule has 2 aromatic rings. The number of carbonyl (C=O) groups is 1. The summed E-state index contributed by atoms with van der Waals surface area (Å²) < 4.78 is 37.0. The molecule has 0 aliphatic heterocycles. The van der Waals surface area contributed by atoms with E-state index in [4.69, 9.17) is 21.1 Å². The fraction of sp³-hybridized carbons (Fsp3) is 0.409. The van der Waals surface area contributed by atoms with E-state index in [1.807, 2.05) is 32.0 Å². The first-order valence-electron chi connectivity index (χ1n) is 9.89. The molecule has 0 spiro atoms. The van der Waals surface area contributed by atoms with E-state index in [1.54, 1.807) is 19.1 Å². The van der Waals surface area contributed by atoms with Crippen LogP contribution < -0.4 is 19.1 Å². The maximum atomic E-state index is 12.8. The molecule has 1 atom stereocenters. The second-order valence-corrected chi connectivity index (χ2v) is 9.41. The molecule has 9 heteroatoms. The van der Waals surface area contributed by atoms with Crippen LogP contribution in [-0.4, -0.2) is 46.9 Å². The van der Waals surface area contributed by atoms with Gasteiger partial charge in [-0.2, -0.15) is 0 Å². The fourth-order valence-electron chi connectivity index (χ4n) is 3.19. The number of ether oxygens (including phenoxy) is 2. The van der Waals surface area contributed by atoms with Gasteiger partial charge in [0, 0.05) is 0 Å². The lowest BCUT2D eigenvalue weighted by Gasteiger charge is -2.30. The summed E-state index contributed by atoms with van der Waals surface area (Å²) in [5.74, 6) is 0.760. The van der Waals surface area contributed by atoms with Gasteiger partial charge >= 0.3 is 0 Å². The van der Waals surface area contributed by atoms with Crippen molar-refractivity contribution in [1.29, 1.82) is 0 Å². The van der Waals surface area contributed by atoms with Crippen LogP contribution in [0.3, 0.4) is 0 Å². The molecule has 0 radical (unpaired) electrons. The minimum Gasteiger partial charge on any atom is -0.495 e. The molecule has 0 aromatic heterocycles. The average molecular weight is 469 g/mol. The molecule has 0 saturated carbocycles. The van der Waals surface area contributed by atoms with Crippen molar-refractivity contribution in [2.45, 2.75) is 33.2 Å². The summed E-state index contributed by atoms with van der Waals surface area (Å²) in [6.45, 7) is 6.23. The van der Waals surface area contributed by atoms with Gasteiger partial charge in [-0.15, -0.1) is 0 Å². The number of nitrogens with one attached hydrogen (secondary N) is 1. The van der Waals surface area contributed by atoms with Gasteiger partial charge in [-0.25, -0.2) is 8.42 Å². The molecule has 0 unspecified atom stereocenters. The largest absolute Gasteiger partial charge is 0.495 e. The number of rotatable bonds is 10. The SMILES string of the molecule is CC[C@H](C(=O)NCCOc1cccc(C)c1C)N(c1ccc(OC)c(Cl)c1)S(C)(=O)=O. The summed E-state index contributed by atoms with van der Waals surface area (Å²) in [6.07, 6.45) is 1.34. The maximum absolute atomic E-state index is 12.8. The lowest BCUT2D eigenvalue weighted by atomic mass is 10.1. The van der Waals surface area contributed by atoms with Gasteiger partial charge < -0.3 is 14.8 Å². The zero-order valence-electron chi connectivity index (χ0n) is 18.4. The van der Waals surface area contributed by atoms with Gasteiger partial charge in [0.05, 0.1) is 30.6 Å². The summed E-state index contributed by atoms with van der Waals surface area (Å²) in [5, 5.41) is 3.03. The number of hydrogen-bond acceptors (Lipinski definition) is 5. The zero-order chi connectivity index (χ0) is 23.2. The van der Waals surface area contributed by atoms with E-state index < -0.39 is 22.0 Å². The number of amides is 1. The first-order chi connectivity index (χ1) is 14.6. The van der Waals surface area contributed by atoms with E-state index in [9.17, 15) is 13.2 Å². The summed E-state index contributed by atoms with van der Waals surface area (Å²) in [5.41, 5.74) is 2.45. The van der Waals surface area contributed by atoms with E-state index in [1.165, 1.54) is 13.2 Å². The molecule has 7 nitrogen and oxygen atoms in total. The molecule has 0 aliphatic rings. The Morgan fingerprint density at radius 1 is 1.19 bits per heavy atom. The van der Waals surface area contributed by atoms with Gasteiger partial charge in [-0.1, -0.05) is 30.7 Å². The first-order valence-corrected chi connectivity index (χ1v) is 12.1. The molecule has 2 rings (SSSR count). The number of nitrogens with zero attached hydrogens (tertiary/aromatic N) is 1. The van der Waals surface area contributed by atoms with Crippen molar-refractivity contribution in [2.24, 2.45) is 0 Å². The van der Waals surface area contributed by atoms with E-state index in [2.05, 4.69) is 5.32 Å². The molecule has 2 aromatic carbocycles. The summed E-state index contributed by atoms with van der Waals surface area (Å²) in [4.78, 5) is 12.8. The Kier molecular flexibility index (Phi) is 8.59. The third-order valence-corrected chi connectivity index (χ3v) is 6.41. The van der Waals surface area contributed by atoms with Crippen LogP contribution in [0.5, 0.6) is 11.5 Å². The normalized spacial score (nSPS) is 12.2. The van der Waals surface area contributed by atoms with Crippen LogP contribution in [0.25, 0.3) is 0 Å². The van der Waals surface area contributed by atoms with Gasteiger partial charge in [0.25, 0.3) is 0 Å². The highest BCUT2D eigenvalue weighted by molar-refractivity contribution is 7.92. The van der Waals surface area contributed by atoms with Crippen LogP contribution in [0.4, 0.5) is 5.69 Å². The maximum Gasteiger partial charge on any atom is 0.244 e. The van der Waals surface area contributed by atoms with Crippen molar-refractivity contribution in [3.05, 3.63) is 52.5 Å². The number of anilines is 1. The van der Waals surface area contributed by atoms with Gasteiger partial charge in [0.1, 0.15) is 24.1 Å². The Hall–Kier alpha value is -2.45. The van der Waals surface area contributed by atoms with Crippen LogP contribution in [0.15, 0.2) is 36.4 Å². The minimum atomic E-state index is -3.75. The number of hydrogen-bond donors (Lipinski definition) is 1. The third-order valence-electron chi connectivity index (χ3n) is 4.93. The molecule has 0 aliphatic carbocycles. The molecule has 0 heterocycles. The number of benzene rings is 2. The van der Waals surface area contributed by atoms with Crippen molar-refractivity contribution < 1.29 is 22.7 Å². The van der Waals surface area contributed by atoms with E-state index in [-0.39, 0.29) is 24.6 Å². The van der Waals surface area contributed by atoms with Crippen molar-refractivity contribution in [1.82, 2.24) is 5.32 Å². The number of sulfonamides is 1. The molecular weight excluding hydrogens is 440 g/mol. The lowest BCUT2D eigenvalue weighted by molar-refractivity contribution is -0.122. The zero-order valence-corrected chi connectivity index (χ0v) is 20.0. The fourth-order valence-corrected chi connectivity index (χ4v) is 4.64. The highest BCUT2D eigenvalue weighted by Crippen LogP contribution is 2.31. The summed E-state index contributed by atoms with van der Waals surface area (Å²) in [6, 6.07) is 9.46. The van der Waals surface area contributed by atoms with Crippen LogP contribution >= 0.6 is 11.6 Å². The van der Waals surface area contributed by atoms with E-state index >= 15 is 0 Å². The molecule has 1 amide bonds. The standard InChI is InChI=1S/C22H29ClN2O5S/c1-6-19(22(26)24-12-13-30-20-9-7-8-15(2)16(20)3)25(31(5,27)28)17-10-11-21(29-4)18(23)14-17/h7-11,14,19H,6,12-13H2,1-5H3,(H,24,26)/t19-/m1/s1. The second kappa shape index (κ2) is 10.7. The Morgan fingerprint density at radius 3 is 2.48 bits per heavy atom. The third kappa shape index (κ3) is 6.27. The molecule has 0 saturated heterocycles. The Bertz CT molecular complexity index is 1030. The van der Waals surface area contributed by atoms with Crippen LogP contribution in [0.1, 0.15) is 24.5 Å². The van der Waals surface area contributed by atoms with Crippen molar-refractivity contribution in [3.8, 4) is 11.5 Å². The number of carbonyl (C=O) groups excluding carboxylic acids is 1. The Labute approximate surface area is 189 Å². The number of methoxy groups -OCH3 is 1. The van der Waals surface area contributed by atoms with Crippen molar-refractivity contribution in [3.63, 3.8) is 0 Å². The van der Waals surface area contributed by atoms with Crippen molar-refractivity contribution >= 4 is 33.2 Å². The quantitative estimate of drug-likeness (QED) is 0.537. The number of aryl methyl sites for hydroxylation is 1. The number of halogens is 1. The Balaban J connectivity index is 2.12. The van der Waals surface area contributed by atoms with Gasteiger partial charge in [-0.05, 0) is 55.7 Å². The second-order valence-electron chi connectivity index (χ2n) is 7.14. The predicted octanol–water partition coefficient (Wildman–Crippen LogP) is 3.71. The first kappa shape index (κ1) is 24.8. The van der Waals surface area contributed by atoms with Crippen LogP contribution in [0, 0.1) is 13.8 Å². The average Bonchev–Trinajstić information content (AvgIpc) is 2.71. The predicted molar refractivity (Wildman–Crippen MR) is 124 cm³/mol.